The predicted octanol–water partition coefficient (Wildman–Crippen LogP) is 14.8. The quantitative estimate of drug-likeness (QED) is 0.164. The molecule has 0 spiro atoms. The van der Waals surface area contributed by atoms with Crippen LogP contribution in [0.5, 0.6) is 0 Å². The molecule has 0 fully saturated rings. The molecule has 2 aromatic heterocycles. The first-order chi connectivity index (χ1) is 29.5. The van der Waals surface area contributed by atoms with E-state index in [0.29, 0.717) is 0 Å². The summed E-state index contributed by atoms with van der Waals surface area (Å²) < 4.78 is 5.29. The lowest BCUT2D eigenvalue weighted by atomic mass is 9.33. The van der Waals surface area contributed by atoms with E-state index in [1.54, 1.807) is 0 Å². The number of anilines is 6. The number of nitrogens with zero attached hydrogens (tertiary/aromatic N) is 2. The van der Waals surface area contributed by atoms with Crippen LogP contribution < -0.4 is 26.2 Å². The zero-order chi connectivity index (χ0) is 41.4. The van der Waals surface area contributed by atoms with Crippen LogP contribution in [0.4, 0.5) is 34.1 Å². The minimum Gasteiger partial charge on any atom is -0.311 e. The standard InChI is InChI=1S/C56H45BN2S2/c1-55(2,3)36-21-24-44-47(29-36)59(39-23-27-53-43(33-39)41-17-11-13-19-51(41)61-53)49-31-37(56(4,5)6)30-48-54(49)57(44)45-28-35(34-14-8-7-9-15-34)20-25-46(45)58(48)38-22-26-52-42(32-38)40-16-10-12-18-50(40)60-52/h7-33H,1-6H3. The third kappa shape index (κ3) is 5.67. The number of thiophene rings is 2. The first-order valence-electron chi connectivity index (χ1n) is 21.4. The Balaban J connectivity index is 1.20. The van der Waals surface area contributed by atoms with Crippen molar-refractivity contribution >= 4 is 120 Å². The van der Waals surface area contributed by atoms with Crippen LogP contribution in [0, 0.1) is 0 Å². The van der Waals surface area contributed by atoms with Crippen molar-refractivity contribution in [2.75, 3.05) is 9.80 Å². The monoisotopic (exact) mass is 820 g/mol. The number of hydrogen-bond donors (Lipinski definition) is 0. The van der Waals surface area contributed by atoms with Crippen LogP contribution >= 0.6 is 22.7 Å². The van der Waals surface area contributed by atoms with Crippen molar-refractivity contribution in [3.05, 3.63) is 175 Å². The van der Waals surface area contributed by atoms with Crippen molar-refractivity contribution in [1.82, 2.24) is 0 Å². The molecule has 0 radical (unpaired) electrons. The first kappa shape index (κ1) is 36.7. The summed E-state index contributed by atoms with van der Waals surface area (Å²) in [5.41, 5.74) is 16.4. The molecule has 61 heavy (non-hydrogen) atoms. The molecule has 2 nitrogen and oxygen atoms in total. The van der Waals surface area contributed by atoms with Gasteiger partial charge in [0.25, 0.3) is 6.71 Å². The third-order valence-corrected chi connectivity index (χ3v) is 15.4. The van der Waals surface area contributed by atoms with Crippen molar-refractivity contribution in [2.45, 2.75) is 52.4 Å². The summed E-state index contributed by atoms with van der Waals surface area (Å²) in [7, 11) is 0. The highest BCUT2D eigenvalue weighted by Crippen LogP contribution is 2.49. The Bertz CT molecular complexity index is 3420. The first-order valence-corrected chi connectivity index (χ1v) is 23.1. The molecule has 0 amide bonds. The number of benzene rings is 8. The second kappa shape index (κ2) is 13.2. The number of fused-ring (bicyclic) bond motifs is 10. The maximum absolute atomic E-state index is 2.61. The lowest BCUT2D eigenvalue weighted by Gasteiger charge is -2.45. The Hall–Kier alpha value is -6.14. The summed E-state index contributed by atoms with van der Waals surface area (Å²) in [6.45, 7) is 14.1. The highest BCUT2D eigenvalue weighted by Gasteiger charge is 2.44. The van der Waals surface area contributed by atoms with Crippen molar-refractivity contribution in [3.63, 3.8) is 0 Å². The van der Waals surface area contributed by atoms with E-state index in [1.165, 1.54) is 113 Å². The molecular formula is C56H45BN2S2. The molecule has 10 aromatic rings. The van der Waals surface area contributed by atoms with Gasteiger partial charge >= 0.3 is 0 Å². The molecule has 0 aliphatic carbocycles. The molecule has 4 heterocycles. The summed E-state index contributed by atoms with van der Waals surface area (Å²) in [5, 5.41) is 5.25. The molecule has 0 unspecified atom stereocenters. The van der Waals surface area contributed by atoms with Gasteiger partial charge in [-0.15, -0.1) is 22.7 Å². The van der Waals surface area contributed by atoms with Gasteiger partial charge in [0.05, 0.1) is 0 Å². The maximum Gasteiger partial charge on any atom is 0.252 e. The average molecular weight is 821 g/mol. The number of rotatable bonds is 3. The summed E-state index contributed by atoms with van der Waals surface area (Å²) in [4.78, 5) is 5.20. The Labute approximate surface area is 366 Å². The van der Waals surface area contributed by atoms with E-state index in [9.17, 15) is 0 Å². The van der Waals surface area contributed by atoms with Gasteiger partial charge in [-0.25, -0.2) is 0 Å². The molecule has 0 saturated heterocycles. The summed E-state index contributed by atoms with van der Waals surface area (Å²) >= 11 is 3.76. The SMILES string of the molecule is CC(C)(C)c1ccc2c(c1)N(c1ccc3sc4ccccc4c3c1)c1cc(C(C)(C)C)cc3c1B2c1cc(-c2ccccc2)ccc1N3c1ccc2sc3ccccc3c2c1. The van der Waals surface area contributed by atoms with Crippen LogP contribution in [0.2, 0.25) is 0 Å². The molecule has 0 bridgehead atoms. The van der Waals surface area contributed by atoms with Gasteiger partial charge in [0, 0.05) is 74.5 Å². The van der Waals surface area contributed by atoms with Crippen LogP contribution in [0.1, 0.15) is 52.7 Å². The zero-order valence-electron chi connectivity index (χ0n) is 35.4. The maximum atomic E-state index is 2.61. The normalized spacial score (nSPS) is 13.6. The fourth-order valence-electron chi connectivity index (χ4n) is 9.97. The topological polar surface area (TPSA) is 6.48 Å². The van der Waals surface area contributed by atoms with Crippen LogP contribution in [0.3, 0.4) is 0 Å². The molecular weight excluding hydrogens is 776 g/mol. The van der Waals surface area contributed by atoms with E-state index < -0.39 is 0 Å². The summed E-state index contributed by atoms with van der Waals surface area (Å²) in [6.07, 6.45) is 0. The van der Waals surface area contributed by atoms with E-state index in [2.05, 4.69) is 215 Å². The van der Waals surface area contributed by atoms with Gasteiger partial charge in [0.2, 0.25) is 0 Å². The van der Waals surface area contributed by atoms with Crippen LogP contribution in [-0.2, 0) is 10.8 Å². The van der Waals surface area contributed by atoms with Crippen molar-refractivity contribution in [1.29, 1.82) is 0 Å². The highest BCUT2D eigenvalue weighted by atomic mass is 32.1. The van der Waals surface area contributed by atoms with Gasteiger partial charge in [0.15, 0.2) is 0 Å². The molecule has 0 atom stereocenters. The van der Waals surface area contributed by atoms with E-state index in [1.807, 2.05) is 22.7 Å². The zero-order valence-corrected chi connectivity index (χ0v) is 37.0. The fourth-order valence-corrected chi connectivity index (χ4v) is 12.1. The average Bonchev–Trinajstić information content (AvgIpc) is 3.83. The third-order valence-electron chi connectivity index (χ3n) is 13.1. The Morgan fingerprint density at radius 1 is 0.377 bits per heavy atom. The molecule has 2 aliphatic rings. The lowest BCUT2D eigenvalue weighted by molar-refractivity contribution is 0.590. The van der Waals surface area contributed by atoms with E-state index in [0.717, 1.165) is 0 Å². The summed E-state index contributed by atoms with van der Waals surface area (Å²) in [5.74, 6) is 0. The van der Waals surface area contributed by atoms with Gasteiger partial charge in [-0.1, -0.05) is 133 Å². The molecule has 12 rings (SSSR count). The minimum atomic E-state index is -0.107. The molecule has 2 aliphatic heterocycles. The molecule has 5 heteroatoms. The predicted molar refractivity (Wildman–Crippen MR) is 269 cm³/mol. The number of hydrogen-bond acceptors (Lipinski definition) is 4. The van der Waals surface area contributed by atoms with Crippen LogP contribution in [0.15, 0.2) is 164 Å². The molecule has 8 aromatic carbocycles. The fraction of sp³-hybridized carbons (Fsp3) is 0.143. The lowest BCUT2D eigenvalue weighted by Crippen LogP contribution is -2.61. The van der Waals surface area contributed by atoms with Crippen LogP contribution in [-0.4, -0.2) is 6.71 Å². The van der Waals surface area contributed by atoms with Gasteiger partial charge in [0.1, 0.15) is 0 Å². The Morgan fingerprint density at radius 2 is 0.902 bits per heavy atom. The highest BCUT2D eigenvalue weighted by molar-refractivity contribution is 7.26. The Morgan fingerprint density at radius 3 is 1.49 bits per heavy atom. The van der Waals surface area contributed by atoms with Crippen LogP contribution in [0.25, 0.3) is 51.5 Å². The van der Waals surface area contributed by atoms with E-state index >= 15 is 0 Å². The smallest absolute Gasteiger partial charge is 0.252 e. The second-order valence-electron chi connectivity index (χ2n) is 19.0. The van der Waals surface area contributed by atoms with Gasteiger partial charge in [-0.3, -0.25) is 0 Å². The second-order valence-corrected chi connectivity index (χ2v) is 21.2. The van der Waals surface area contributed by atoms with Gasteiger partial charge in [-0.2, -0.15) is 0 Å². The van der Waals surface area contributed by atoms with Gasteiger partial charge in [-0.05, 0) is 122 Å². The van der Waals surface area contributed by atoms with E-state index in [-0.39, 0.29) is 17.5 Å². The molecule has 294 valence electrons. The van der Waals surface area contributed by atoms with E-state index in [4.69, 9.17) is 0 Å². The van der Waals surface area contributed by atoms with Crippen molar-refractivity contribution in [3.8, 4) is 11.1 Å². The molecule has 0 N–H and O–H groups in total. The van der Waals surface area contributed by atoms with Gasteiger partial charge < -0.3 is 9.80 Å². The minimum absolute atomic E-state index is 0.0191. The largest absolute Gasteiger partial charge is 0.311 e. The molecule has 0 saturated carbocycles. The summed E-state index contributed by atoms with van der Waals surface area (Å²) in [6, 6.07) is 62.5. The van der Waals surface area contributed by atoms with Crippen molar-refractivity contribution < 1.29 is 0 Å². The van der Waals surface area contributed by atoms with Crippen molar-refractivity contribution in [2.24, 2.45) is 0 Å². The Kier molecular flexibility index (Phi) is 7.93.